The zero-order valence-electron chi connectivity index (χ0n) is 27.3. The van der Waals surface area contributed by atoms with Gasteiger partial charge in [0.25, 0.3) is 0 Å². The predicted molar refractivity (Wildman–Crippen MR) is 206 cm³/mol. The Morgan fingerprint density at radius 2 is 0.922 bits per heavy atom. The summed E-state index contributed by atoms with van der Waals surface area (Å²) in [6.07, 6.45) is 0. The van der Waals surface area contributed by atoms with E-state index in [9.17, 15) is 15.8 Å². The van der Waals surface area contributed by atoms with Crippen LogP contribution in [0.15, 0.2) is 158 Å². The molecule has 0 saturated carbocycles. The van der Waals surface area contributed by atoms with Gasteiger partial charge in [-0.05, 0) is 110 Å². The topological polar surface area (TPSA) is 76.3 Å². The zero-order valence-corrected chi connectivity index (χ0v) is 27.3. The fourth-order valence-electron chi connectivity index (χ4n) is 7.66. The molecule has 0 unspecified atom stereocenters. The summed E-state index contributed by atoms with van der Waals surface area (Å²) in [5.74, 6) is 0. The molecule has 0 N–H and O–H groups in total. The summed E-state index contributed by atoms with van der Waals surface area (Å²) in [6, 6.07) is 60.2. The largest absolute Gasteiger partial charge is 0.308 e. The minimum atomic E-state index is 0.506. The minimum Gasteiger partial charge on any atom is -0.308 e. The maximum Gasteiger partial charge on any atom is 0.101 e. The van der Waals surface area contributed by atoms with Gasteiger partial charge in [0.1, 0.15) is 6.07 Å². The molecule has 0 amide bonds. The predicted octanol–water partition coefficient (Wildman–Crippen LogP) is 11.7. The van der Waals surface area contributed by atoms with Crippen molar-refractivity contribution in [3.05, 3.63) is 174 Å². The molecule has 0 fully saturated rings. The molecule has 0 aliphatic carbocycles. The van der Waals surface area contributed by atoms with E-state index in [0.717, 1.165) is 76.9 Å². The van der Waals surface area contributed by atoms with Crippen molar-refractivity contribution in [2.45, 2.75) is 0 Å². The molecule has 0 atom stereocenters. The number of fused-ring (bicyclic) bond motifs is 5. The first-order chi connectivity index (χ1) is 25.2. The Balaban J connectivity index is 1.26. The van der Waals surface area contributed by atoms with Gasteiger partial charge in [0.15, 0.2) is 0 Å². The van der Waals surface area contributed by atoms with E-state index in [1.165, 1.54) is 5.56 Å². The maximum absolute atomic E-state index is 10.5. The number of benzene rings is 8. The van der Waals surface area contributed by atoms with Gasteiger partial charge in [-0.2, -0.15) is 15.8 Å². The van der Waals surface area contributed by atoms with E-state index in [1.54, 1.807) is 0 Å². The first-order valence-corrected chi connectivity index (χ1v) is 16.7. The van der Waals surface area contributed by atoms with Crippen molar-refractivity contribution >= 4 is 43.4 Å². The molecule has 234 valence electrons. The molecule has 0 saturated heterocycles. The number of rotatable bonds is 4. The second-order valence-electron chi connectivity index (χ2n) is 12.7. The van der Waals surface area contributed by atoms with Crippen LogP contribution in [0.3, 0.4) is 0 Å². The highest BCUT2D eigenvalue weighted by molar-refractivity contribution is 6.21. The van der Waals surface area contributed by atoms with Crippen LogP contribution >= 0.6 is 0 Å². The third kappa shape index (κ3) is 4.74. The Kier molecular flexibility index (Phi) is 6.93. The summed E-state index contributed by atoms with van der Waals surface area (Å²) in [5, 5.41) is 36.9. The van der Waals surface area contributed by atoms with Crippen LogP contribution in [0.2, 0.25) is 0 Å². The molecule has 0 aliphatic heterocycles. The molecular formula is C47H26N4. The van der Waals surface area contributed by atoms with Crippen molar-refractivity contribution in [3.8, 4) is 57.3 Å². The Bertz CT molecular complexity index is 2940. The molecule has 4 nitrogen and oxygen atoms in total. The van der Waals surface area contributed by atoms with Crippen molar-refractivity contribution in [2.24, 2.45) is 0 Å². The lowest BCUT2D eigenvalue weighted by Crippen LogP contribution is -1.98. The Morgan fingerprint density at radius 3 is 1.57 bits per heavy atom. The number of aromatic nitrogens is 1. The van der Waals surface area contributed by atoms with Crippen LogP contribution in [-0.2, 0) is 0 Å². The highest BCUT2D eigenvalue weighted by atomic mass is 15.0. The lowest BCUT2D eigenvalue weighted by Gasteiger charge is -2.18. The van der Waals surface area contributed by atoms with E-state index in [0.29, 0.717) is 16.7 Å². The molecule has 1 aromatic heterocycles. The molecule has 4 heteroatoms. The van der Waals surface area contributed by atoms with Gasteiger partial charge in [-0.1, -0.05) is 103 Å². The smallest absolute Gasteiger partial charge is 0.101 e. The number of para-hydroxylation sites is 1. The highest BCUT2D eigenvalue weighted by Crippen LogP contribution is 2.44. The van der Waals surface area contributed by atoms with Crippen LogP contribution in [0.1, 0.15) is 16.7 Å². The standard InChI is InChI=1S/C47H26N4/c48-27-30-18-20-45-42(24-30)37-12-8-9-17-44(37)51(45)43-21-19-33(25-36(43)29-50)34-22-31(28-49)23-35(26-34)47-40-15-6-4-13-38(40)46(32-10-2-1-3-11-32)39-14-5-7-16-41(39)47/h1-26H. The lowest BCUT2D eigenvalue weighted by atomic mass is 9.85. The van der Waals surface area contributed by atoms with E-state index in [2.05, 4.69) is 102 Å². The zero-order chi connectivity index (χ0) is 34.5. The molecule has 0 radical (unpaired) electrons. The second kappa shape index (κ2) is 11.9. The molecule has 0 aliphatic rings. The van der Waals surface area contributed by atoms with E-state index < -0.39 is 0 Å². The monoisotopic (exact) mass is 646 g/mol. The van der Waals surface area contributed by atoms with Crippen LogP contribution in [0.4, 0.5) is 0 Å². The summed E-state index contributed by atoms with van der Waals surface area (Å²) < 4.78 is 2.10. The molecule has 51 heavy (non-hydrogen) atoms. The maximum atomic E-state index is 10.5. The van der Waals surface area contributed by atoms with Crippen molar-refractivity contribution in [1.29, 1.82) is 15.8 Å². The highest BCUT2D eigenvalue weighted by Gasteiger charge is 2.19. The van der Waals surface area contributed by atoms with Crippen LogP contribution in [0.25, 0.3) is 82.4 Å². The number of hydrogen-bond donors (Lipinski definition) is 0. The third-order valence-corrected chi connectivity index (χ3v) is 9.84. The van der Waals surface area contributed by atoms with Crippen molar-refractivity contribution in [1.82, 2.24) is 4.57 Å². The summed E-state index contributed by atoms with van der Waals surface area (Å²) in [4.78, 5) is 0. The Hall–Kier alpha value is -7.45. The average Bonchev–Trinajstić information content (AvgIpc) is 3.53. The number of hydrogen-bond acceptors (Lipinski definition) is 3. The SMILES string of the molecule is N#Cc1cc(-c2ccc(-n3c4ccccc4c4cc(C#N)ccc43)c(C#N)c2)cc(-c2c3ccccc3c(-c3ccccc3)c3ccccc23)c1. The van der Waals surface area contributed by atoms with Gasteiger partial charge in [0.05, 0.1) is 45.5 Å². The summed E-state index contributed by atoms with van der Waals surface area (Å²) in [7, 11) is 0. The molecule has 0 bridgehead atoms. The lowest BCUT2D eigenvalue weighted by molar-refractivity contribution is 1.17. The van der Waals surface area contributed by atoms with Crippen LogP contribution in [-0.4, -0.2) is 4.57 Å². The van der Waals surface area contributed by atoms with Crippen molar-refractivity contribution in [3.63, 3.8) is 0 Å². The van der Waals surface area contributed by atoms with Crippen LogP contribution < -0.4 is 0 Å². The fraction of sp³-hybridized carbons (Fsp3) is 0. The minimum absolute atomic E-state index is 0.506. The summed E-state index contributed by atoms with van der Waals surface area (Å²) in [6.45, 7) is 0. The van der Waals surface area contributed by atoms with E-state index in [4.69, 9.17) is 0 Å². The van der Waals surface area contributed by atoms with Gasteiger partial charge in [0.2, 0.25) is 0 Å². The second-order valence-corrected chi connectivity index (χ2v) is 12.7. The quantitative estimate of drug-likeness (QED) is 0.179. The van der Waals surface area contributed by atoms with Gasteiger partial charge < -0.3 is 4.57 Å². The molecule has 8 aromatic carbocycles. The van der Waals surface area contributed by atoms with Gasteiger partial charge in [0, 0.05) is 10.8 Å². The first-order valence-electron chi connectivity index (χ1n) is 16.7. The van der Waals surface area contributed by atoms with Crippen molar-refractivity contribution in [2.75, 3.05) is 0 Å². The van der Waals surface area contributed by atoms with Gasteiger partial charge in [-0.25, -0.2) is 0 Å². The first kappa shape index (κ1) is 29.7. The molecule has 1 heterocycles. The van der Waals surface area contributed by atoms with Crippen LogP contribution in [0.5, 0.6) is 0 Å². The van der Waals surface area contributed by atoms with E-state index in [-0.39, 0.29) is 0 Å². The summed E-state index contributed by atoms with van der Waals surface area (Å²) >= 11 is 0. The van der Waals surface area contributed by atoms with Gasteiger partial charge in [-0.15, -0.1) is 0 Å². The number of nitrogens with zero attached hydrogens (tertiary/aromatic N) is 4. The molecule has 0 spiro atoms. The number of nitriles is 3. The summed E-state index contributed by atoms with van der Waals surface area (Å²) in [5.41, 5.74) is 10.3. The fourth-order valence-corrected chi connectivity index (χ4v) is 7.66. The molecular weight excluding hydrogens is 621 g/mol. The average molecular weight is 647 g/mol. The van der Waals surface area contributed by atoms with Gasteiger partial charge >= 0.3 is 0 Å². The normalized spacial score (nSPS) is 11.1. The Morgan fingerprint density at radius 1 is 0.353 bits per heavy atom. The molecule has 9 rings (SSSR count). The van der Waals surface area contributed by atoms with Gasteiger partial charge in [-0.3, -0.25) is 0 Å². The third-order valence-electron chi connectivity index (χ3n) is 9.84. The van der Waals surface area contributed by atoms with Crippen molar-refractivity contribution < 1.29 is 0 Å². The Labute approximate surface area is 294 Å². The van der Waals surface area contributed by atoms with Crippen LogP contribution in [0, 0.1) is 34.0 Å². The van der Waals surface area contributed by atoms with E-state index >= 15 is 0 Å². The molecule has 9 aromatic rings. The van der Waals surface area contributed by atoms with E-state index in [1.807, 2.05) is 78.9 Å².